The highest BCUT2D eigenvalue weighted by Crippen LogP contribution is 2.41. The molecule has 0 saturated heterocycles. The number of aromatic nitrogens is 1. The van der Waals surface area contributed by atoms with Gasteiger partial charge in [0, 0.05) is 9.50 Å². The zero-order valence-corrected chi connectivity index (χ0v) is 30.8. The topological polar surface area (TPSA) is 97.6 Å². The summed E-state index contributed by atoms with van der Waals surface area (Å²) >= 11 is 13.1. The van der Waals surface area contributed by atoms with E-state index in [1.807, 2.05) is 36.4 Å². The van der Waals surface area contributed by atoms with Gasteiger partial charge in [-0.25, -0.2) is 9.79 Å². The van der Waals surface area contributed by atoms with Crippen LogP contribution in [-0.4, -0.2) is 38.5 Å². The molecule has 2 heterocycles. The molecule has 3 aromatic carbocycles. The first-order chi connectivity index (χ1) is 22.1. The Labute approximate surface area is 296 Å². The second kappa shape index (κ2) is 14.6. The van der Waals surface area contributed by atoms with E-state index in [1.54, 1.807) is 39.2 Å². The smallest absolute Gasteiger partial charge is 0.338 e. The number of benzene rings is 3. The monoisotopic (exact) mass is 838 g/mol. The van der Waals surface area contributed by atoms with Crippen molar-refractivity contribution in [2.45, 2.75) is 26.5 Å². The van der Waals surface area contributed by atoms with Crippen molar-refractivity contribution in [3.63, 3.8) is 0 Å². The van der Waals surface area contributed by atoms with E-state index >= 15 is 0 Å². The summed E-state index contributed by atoms with van der Waals surface area (Å²) in [4.78, 5) is 32.6. The molecular formula is C33H29BrClIN2O7S. The number of carbonyl (C=O) groups excluding carboxylic acids is 1. The predicted octanol–water partition coefficient (Wildman–Crippen LogP) is 6.42. The number of carbonyl (C=O) groups is 1. The Morgan fingerprint density at radius 3 is 2.39 bits per heavy atom. The van der Waals surface area contributed by atoms with E-state index in [2.05, 4.69) is 43.5 Å². The first-order valence-electron chi connectivity index (χ1n) is 14.0. The molecule has 9 nitrogen and oxygen atoms in total. The van der Waals surface area contributed by atoms with Crippen molar-refractivity contribution >= 4 is 73.5 Å². The fourth-order valence-electron chi connectivity index (χ4n) is 5.02. The Morgan fingerprint density at radius 1 is 1.07 bits per heavy atom. The van der Waals surface area contributed by atoms with Crippen molar-refractivity contribution in [2.75, 3.05) is 27.9 Å². The molecule has 0 radical (unpaired) electrons. The summed E-state index contributed by atoms with van der Waals surface area (Å²) in [5.74, 6) is 1.49. The summed E-state index contributed by atoms with van der Waals surface area (Å²) in [7, 11) is 4.63. The van der Waals surface area contributed by atoms with Gasteiger partial charge in [0.1, 0.15) is 6.61 Å². The van der Waals surface area contributed by atoms with Crippen molar-refractivity contribution in [3.8, 4) is 23.0 Å². The van der Waals surface area contributed by atoms with Crippen LogP contribution in [0.1, 0.15) is 36.6 Å². The third-order valence-corrected chi connectivity index (χ3v) is 9.88. The number of allylic oxidation sites excluding steroid dienone is 1. The van der Waals surface area contributed by atoms with Gasteiger partial charge in [-0.05, 0) is 95.6 Å². The quantitative estimate of drug-likeness (QED) is 0.134. The Hall–Kier alpha value is -3.33. The predicted molar refractivity (Wildman–Crippen MR) is 189 cm³/mol. The summed E-state index contributed by atoms with van der Waals surface area (Å²) in [6, 6.07) is 13.8. The average Bonchev–Trinajstić information content (AvgIpc) is 3.33. The van der Waals surface area contributed by atoms with Crippen molar-refractivity contribution < 1.29 is 28.5 Å². The highest BCUT2D eigenvalue weighted by atomic mass is 127. The second-order valence-electron chi connectivity index (χ2n) is 9.98. The van der Waals surface area contributed by atoms with Gasteiger partial charge in [-0.2, -0.15) is 0 Å². The fraction of sp³-hybridized carbons (Fsp3) is 0.242. The van der Waals surface area contributed by atoms with Crippen LogP contribution in [0.15, 0.2) is 74.1 Å². The summed E-state index contributed by atoms with van der Waals surface area (Å²) < 4.78 is 31.6. The zero-order chi connectivity index (χ0) is 33.1. The maximum Gasteiger partial charge on any atom is 0.338 e. The number of rotatable bonds is 10. The number of ether oxygens (including phenoxy) is 5. The molecule has 0 amide bonds. The van der Waals surface area contributed by atoms with Crippen LogP contribution in [0.3, 0.4) is 0 Å². The number of thiazole rings is 1. The zero-order valence-electron chi connectivity index (χ0n) is 25.5. The van der Waals surface area contributed by atoms with Crippen molar-refractivity contribution in [1.29, 1.82) is 0 Å². The van der Waals surface area contributed by atoms with Crippen LogP contribution in [-0.2, 0) is 16.1 Å². The number of methoxy groups -OCH3 is 3. The minimum absolute atomic E-state index is 0.166. The lowest BCUT2D eigenvalue weighted by Crippen LogP contribution is -2.40. The largest absolute Gasteiger partial charge is 0.493 e. The van der Waals surface area contributed by atoms with Crippen LogP contribution >= 0.6 is 61.5 Å². The number of esters is 1. The molecular weight excluding hydrogens is 811 g/mol. The van der Waals surface area contributed by atoms with Crippen LogP contribution in [0.2, 0.25) is 5.02 Å². The molecule has 1 aliphatic rings. The van der Waals surface area contributed by atoms with Crippen LogP contribution in [0.5, 0.6) is 23.0 Å². The third kappa shape index (κ3) is 6.85. The van der Waals surface area contributed by atoms with Gasteiger partial charge in [0.05, 0.1) is 53.4 Å². The van der Waals surface area contributed by atoms with E-state index in [0.29, 0.717) is 59.7 Å². The summed E-state index contributed by atoms with van der Waals surface area (Å²) in [6.07, 6.45) is 1.78. The molecule has 240 valence electrons. The lowest BCUT2D eigenvalue weighted by Gasteiger charge is -2.26. The molecule has 4 aromatic rings. The molecule has 0 N–H and O–H groups in total. The number of hydrogen-bond acceptors (Lipinski definition) is 9. The lowest BCUT2D eigenvalue weighted by molar-refractivity contribution is -0.139. The molecule has 0 spiro atoms. The minimum Gasteiger partial charge on any atom is -0.493 e. The summed E-state index contributed by atoms with van der Waals surface area (Å²) in [6.45, 7) is 3.96. The van der Waals surface area contributed by atoms with Gasteiger partial charge >= 0.3 is 5.97 Å². The Balaban J connectivity index is 1.62. The number of nitrogens with zero attached hydrogens (tertiary/aromatic N) is 2. The van der Waals surface area contributed by atoms with E-state index in [1.165, 1.54) is 30.1 Å². The standard InChI is InChI=1S/C33H29BrClIN2O7S/c1-6-44-32(40)28-17(2)37-33-38(29(28)21-14-24(41-3)25(42-4)15-22(21)34)31(39)27(46-33)13-19-11-23(36)30(26(12-19)43-5)45-16-18-7-9-20(35)10-8-18/h7-15,29H,6,16H2,1-5H3/b27-13-/t29-/m0/s1. The van der Waals surface area contributed by atoms with Crippen molar-refractivity contribution in [1.82, 2.24) is 4.57 Å². The highest BCUT2D eigenvalue weighted by Gasteiger charge is 2.35. The van der Waals surface area contributed by atoms with Gasteiger partial charge in [0.2, 0.25) is 0 Å². The van der Waals surface area contributed by atoms with Crippen LogP contribution < -0.4 is 33.8 Å². The van der Waals surface area contributed by atoms with Gasteiger partial charge < -0.3 is 23.7 Å². The van der Waals surface area contributed by atoms with Crippen molar-refractivity contribution in [3.05, 3.63) is 109 Å². The highest BCUT2D eigenvalue weighted by molar-refractivity contribution is 14.1. The van der Waals surface area contributed by atoms with Gasteiger partial charge in [0.25, 0.3) is 5.56 Å². The first kappa shape index (κ1) is 34.0. The molecule has 0 fully saturated rings. The van der Waals surface area contributed by atoms with Gasteiger partial charge in [-0.15, -0.1) is 0 Å². The van der Waals surface area contributed by atoms with Crippen LogP contribution in [0.25, 0.3) is 6.08 Å². The van der Waals surface area contributed by atoms with Gasteiger partial charge in [-0.1, -0.05) is 51.0 Å². The summed E-state index contributed by atoms with van der Waals surface area (Å²) in [5, 5.41) is 0.653. The maximum absolute atomic E-state index is 14.2. The molecule has 0 bridgehead atoms. The maximum atomic E-state index is 14.2. The van der Waals surface area contributed by atoms with Gasteiger partial charge in [0.15, 0.2) is 27.8 Å². The molecule has 0 aliphatic carbocycles. The Bertz CT molecular complexity index is 2030. The normalized spacial score (nSPS) is 14.4. The minimum atomic E-state index is -0.843. The van der Waals surface area contributed by atoms with Crippen LogP contribution in [0.4, 0.5) is 0 Å². The average molecular weight is 840 g/mol. The molecule has 0 saturated carbocycles. The van der Waals surface area contributed by atoms with E-state index in [0.717, 1.165) is 14.7 Å². The molecule has 46 heavy (non-hydrogen) atoms. The summed E-state index contributed by atoms with van der Waals surface area (Å²) in [5.41, 5.74) is 2.70. The molecule has 13 heteroatoms. The lowest BCUT2D eigenvalue weighted by atomic mass is 9.95. The van der Waals surface area contributed by atoms with E-state index in [4.69, 9.17) is 35.3 Å². The van der Waals surface area contributed by atoms with E-state index in [9.17, 15) is 9.59 Å². The number of hydrogen-bond donors (Lipinski definition) is 0. The van der Waals surface area contributed by atoms with E-state index < -0.39 is 12.0 Å². The first-order valence-corrected chi connectivity index (χ1v) is 17.0. The van der Waals surface area contributed by atoms with Crippen molar-refractivity contribution in [2.24, 2.45) is 4.99 Å². The second-order valence-corrected chi connectivity index (χ2v) is 13.4. The number of halogens is 3. The fourth-order valence-corrected chi connectivity index (χ4v) is 7.51. The van der Waals surface area contributed by atoms with E-state index in [-0.39, 0.29) is 17.7 Å². The third-order valence-electron chi connectivity index (χ3n) is 7.16. The number of fused-ring (bicyclic) bond motifs is 1. The molecule has 1 aromatic heterocycles. The molecule has 1 aliphatic heterocycles. The van der Waals surface area contributed by atoms with Gasteiger partial charge in [-0.3, -0.25) is 9.36 Å². The van der Waals surface area contributed by atoms with Crippen LogP contribution in [0, 0.1) is 3.57 Å². The molecule has 0 unspecified atom stereocenters. The molecule has 5 rings (SSSR count). The Morgan fingerprint density at radius 2 is 1.74 bits per heavy atom. The SMILES string of the molecule is CCOC(=O)C1=C(C)N=c2s/c(=C\c3cc(I)c(OCc4ccc(Cl)cc4)c(OC)c3)c(=O)n2[C@H]1c1cc(OC)c(OC)cc1Br. The Kier molecular flexibility index (Phi) is 10.8. The molecule has 1 atom stereocenters.